The molecule has 1 N–H and O–H groups in total. The molecular weight excluding hydrogens is 322 g/mol. The van der Waals surface area contributed by atoms with E-state index in [4.69, 9.17) is 16.3 Å². The van der Waals surface area contributed by atoms with Gasteiger partial charge in [0.25, 0.3) is 0 Å². The van der Waals surface area contributed by atoms with Crippen molar-refractivity contribution in [2.75, 3.05) is 18.8 Å². The molecule has 22 heavy (non-hydrogen) atoms. The van der Waals surface area contributed by atoms with E-state index in [0.717, 1.165) is 25.9 Å². The van der Waals surface area contributed by atoms with E-state index in [1.54, 1.807) is 18.2 Å². The van der Waals surface area contributed by atoms with Crippen molar-refractivity contribution < 1.29 is 14.3 Å². The molecule has 1 spiro atoms. The third-order valence-corrected chi connectivity index (χ3v) is 5.97. The Morgan fingerprint density at radius 3 is 2.68 bits per heavy atom. The normalized spacial score (nSPS) is 23.1. The van der Waals surface area contributed by atoms with Gasteiger partial charge in [0.15, 0.2) is 0 Å². The highest BCUT2D eigenvalue weighted by Gasteiger charge is 2.45. The van der Waals surface area contributed by atoms with E-state index >= 15 is 0 Å². The van der Waals surface area contributed by atoms with Gasteiger partial charge in [-0.15, -0.1) is 11.8 Å². The lowest BCUT2D eigenvalue weighted by molar-refractivity contribution is -0.111. The van der Waals surface area contributed by atoms with Crippen molar-refractivity contribution >= 4 is 40.7 Å². The molecule has 0 unspecified atom stereocenters. The molecule has 0 amide bonds. The van der Waals surface area contributed by atoms with Crippen LogP contribution in [-0.4, -0.2) is 36.0 Å². The molecule has 0 radical (unpaired) electrons. The number of Topliss-reactive ketones (excluding diaryl/α,β-unsaturated/α-hetero) is 2. The van der Waals surface area contributed by atoms with Crippen molar-refractivity contribution in [2.24, 2.45) is 0 Å². The molecule has 1 saturated heterocycles. The molecule has 1 aromatic rings. The number of hydrogen-bond donors (Lipinski definition) is 1. The maximum atomic E-state index is 12.3. The highest BCUT2D eigenvalue weighted by Crippen LogP contribution is 2.46. The fourth-order valence-corrected chi connectivity index (χ4v) is 4.60. The summed E-state index contributed by atoms with van der Waals surface area (Å²) in [6.07, 6.45) is 1.80. The Labute approximate surface area is 137 Å². The highest BCUT2D eigenvalue weighted by molar-refractivity contribution is 8.04. The minimum Gasteiger partial charge on any atom is -0.484 e. The summed E-state index contributed by atoms with van der Waals surface area (Å²) in [4.78, 5) is 25.0. The van der Waals surface area contributed by atoms with Gasteiger partial charge in [0.05, 0.1) is 0 Å². The zero-order valence-corrected chi connectivity index (χ0v) is 13.4. The lowest BCUT2D eigenvalue weighted by atomic mass is 9.90. The molecule has 114 valence electrons. The van der Waals surface area contributed by atoms with Crippen LogP contribution in [-0.2, 0) is 9.53 Å². The number of allylic oxidation sites excluding steroid dienone is 1. The zero-order valence-electron chi connectivity index (χ0n) is 11.8. The summed E-state index contributed by atoms with van der Waals surface area (Å²) in [5.41, 5.74) is 0.784. The summed E-state index contributed by atoms with van der Waals surface area (Å²) >= 11 is 7.53. The van der Waals surface area contributed by atoms with Gasteiger partial charge in [-0.25, -0.2) is 0 Å². The molecule has 1 aromatic carbocycles. The van der Waals surface area contributed by atoms with Crippen LogP contribution in [0.2, 0.25) is 5.02 Å². The molecule has 0 bridgehead atoms. The van der Waals surface area contributed by atoms with E-state index < -0.39 is 11.6 Å². The number of carbonyl (C=O) groups is 2. The zero-order chi connectivity index (χ0) is 15.3. The van der Waals surface area contributed by atoms with E-state index in [-0.39, 0.29) is 5.60 Å². The number of fused-ring (bicyclic) bond motifs is 2. The first-order valence-corrected chi connectivity index (χ1v) is 8.62. The molecule has 4 nitrogen and oxygen atoms in total. The first kappa shape index (κ1) is 14.3. The number of carbonyl (C=O) groups excluding carboxylic acids is 2. The lowest BCUT2D eigenvalue weighted by Gasteiger charge is -2.42. The van der Waals surface area contributed by atoms with Crippen LogP contribution >= 0.6 is 23.4 Å². The number of rotatable bonds is 0. The van der Waals surface area contributed by atoms with Gasteiger partial charge >= 0.3 is 0 Å². The SMILES string of the molecule is O=C1C(=O)c2ccc(Cl)cc2C2=C1SCC1(CCNCC1)O2. The van der Waals surface area contributed by atoms with Crippen LogP contribution in [0.3, 0.4) is 0 Å². The Morgan fingerprint density at radius 1 is 1.14 bits per heavy atom. The van der Waals surface area contributed by atoms with Crippen molar-refractivity contribution in [3.05, 3.63) is 39.3 Å². The summed E-state index contributed by atoms with van der Waals surface area (Å²) in [6.45, 7) is 1.80. The van der Waals surface area contributed by atoms with E-state index in [0.29, 0.717) is 32.6 Å². The van der Waals surface area contributed by atoms with Crippen LogP contribution in [0.1, 0.15) is 28.8 Å². The van der Waals surface area contributed by atoms with E-state index in [9.17, 15) is 9.59 Å². The summed E-state index contributed by atoms with van der Waals surface area (Å²) in [7, 11) is 0. The number of hydrogen-bond acceptors (Lipinski definition) is 5. The molecule has 0 aromatic heterocycles. The number of piperidine rings is 1. The van der Waals surface area contributed by atoms with Gasteiger partial charge in [0.2, 0.25) is 11.6 Å². The fourth-order valence-electron chi connectivity index (χ4n) is 3.16. The van der Waals surface area contributed by atoms with Crippen molar-refractivity contribution in [1.29, 1.82) is 0 Å². The predicted octanol–water partition coefficient (Wildman–Crippen LogP) is 2.66. The van der Waals surface area contributed by atoms with E-state index in [1.165, 1.54) is 11.8 Å². The standard InChI is InChI=1S/C16H14ClNO3S/c17-9-1-2-10-11(7-9)14-15(13(20)12(10)19)22-8-16(21-14)3-5-18-6-4-16/h1-2,7,18H,3-6,8H2. The minimum atomic E-state index is -0.470. The third kappa shape index (κ3) is 2.11. The number of ether oxygens (including phenoxy) is 1. The predicted molar refractivity (Wildman–Crippen MR) is 86.1 cm³/mol. The Kier molecular flexibility index (Phi) is 3.33. The summed E-state index contributed by atoms with van der Waals surface area (Å²) in [6, 6.07) is 4.96. The Balaban J connectivity index is 1.83. The van der Waals surface area contributed by atoms with Crippen molar-refractivity contribution in [3.63, 3.8) is 0 Å². The lowest BCUT2D eigenvalue weighted by Crippen LogP contribution is -2.48. The van der Waals surface area contributed by atoms with Crippen molar-refractivity contribution in [3.8, 4) is 0 Å². The molecule has 0 atom stereocenters. The number of nitrogens with one attached hydrogen (secondary N) is 1. The Bertz CT molecular complexity index is 722. The van der Waals surface area contributed by atoms with Gasteiger partial charge in [-0.2, -0.15) is 0 Å². The quantitative estimate of drug-likeness (QED) is 0.739. The van der Waals surface area contributed by atoms with Crippen LogP contribution in [0.25, 0.3) is 5.76 Å². The Morgan fingerprint density at radius 2 is 1.91 bits per heavy atom. The average Bonchev–Trinajstić information content (AvgIpc) is 2.53. The van der Waals surface area contributed by atoms with E-state index in [1.807, 2.05) is 0 Å². The number of thioether (sulfide) groups is 1. The second-order valence-electron chi connectivity index (χ2n) is 5.83. The molecule has 2 heterocycles. The first-order chi connectivity index (χ1) is 10.6. The van der Waals surface area contributed by atoms with Gasteiger partial charge in [0.1, 0.15) is 16.3 Å². The van der Waals surface area contributed by atoms with Gasteiger partial charge in [-0.3, -0.25) is 9.59 Å². The van der Waals surface area contributed by atoms with Gasteiger partial charge < -0.3 is 10.1 Å². The molecule has 3 aliphatic rings. The molecular formula is C16H14ClNO3S. The fraction of sp³-hybridized carbons (Fsp3) is 0.375. The first-order valence-electron chi connectivity index (χ1n) is 7.25. The highest BCUT2D eigenvalue weighted by atomic mass is 35.5. The second kappa shape index (κ2) is 5.11. The number of benzene rings is 1. The van der Waals surface area contributed by atoms with Gasteiger partial charge in [-0.1, -0.05) is 11.6 Å². The Hall–Kier alpha value is -1.30. The summed E-state index contributed by atoms with van der Waals surface area (Å²) in [5.74, 6) is 0.323. The van der Waals surface area contributed by atoms with Gasteiger partial charge in [0, 0.05) is 34.7 Å². The molecule has 1 aliphatic carbocycles. The molecule has 0 saturated carbocycles. The largest absolute Gasteiger partial charge is 0.484 e. The second-order valence-corrected chi connectivity index (χ2v) is 7.25. The van der Waals surface area contributed by atoms with Crippen LogP contribution in [0.5, 0.6) is 0 Å². The minimum absolute atomic E-state index is 0.255. The molecule has 1 fully saturated rings. The molecule has 6 heteroatoms. The van der Waals surface area contributed by atoms with Crippen LogP contribution in [0, 0.1) is 0 Å². The van der Waals surface area contributed by atoms with Crippen LogP contribution < -0.4 is 5.32 Å². The third-order valence-electron chi connectivity index (χ3n) is 4.40. The van der Waals surface area contributed by atoms with Crippen LogP contribution in [0.15, 0.2) is 23.1 Å². The molecule has 4 rings (SSSR count). The monoisotopic (exact) mass is 335 g/mol. The van der Waals surface area contributed by atoms with Crippen molar-refractivity contribution in [1.82, 2.24) is 5.32 Å². The maximum absolute atomic E-state index is 12.3. The maximum Gasteiger partial charge on any atom is 0.243 e. The smallest absolute Gasteiger partial charge is 0.243 e. The average molecular weight is 336 g/mol. The number of ketones is 2. The molecule has 2 aliphatic heterocycles. The van der Waals surface area contributed by atoms with E-state index in [2.05, 4.69) is 5.32 Å². The topological polar surface area (TPSA) is 55.4 Å². The number of halogens is 1. The van der Waals surface area contributed by atoms with Crippen LogP contribution in [0.4, 0.5) is 0 Å². The summed E-state index contributed by atoms with van der Waals surface area (Å²) in [5, 5.41) is 3.86. The van der Waals surface area contributed by atoms with Gasteiger partial charge in [-0.05, 0) is 31.3 Å². The summed E-state index contributed by atoms with van der Waals surface area (Å²) < 4.78 is 6.31. The van der Waals surface area contributed by atoms with Crippen molar-refractivity contribution in [2.45, 2.75) is 18.4 Å².